The van der Waals surface area contributed by atoms with E-state index in [0.29, 0.717) is 0 Å². The van der Waals surface area contributed by atoms with Crippen molar-refractivity contribution in [1.29, 1.82) is 0 Å². The minimum atomic E-state index is -0.580. The molecule has 1 aliphatic rings. The molecule has 0 amide bonds. The highest BCUT2D eigenvalue weighted by atomic mass is 16.5. The van der Waals surface area contributed by atoms with Gasteiger partial charge in [0.15, 0.2) is 11.4 Å². The number of anilines is 2. The summed E-state index contributed by atoms with van der Waals surface area (Å²) in [5, 5.41) is 6.82. The molecule has 0 fully saturated rings. The minimum Gasteiger partial charge on any atom is -0.367 e. The molecule has 16 heavy (non-hydrogen) atoms. The fraction of sp³-hybridized carbons (Fsp3) is 0. The second-order valence-electron chi connectivity index (χ2n) is 3.20. The average molecular weight is 220 g/mol. The van der Waals surface area contributed by atoms with Crippen molar-refractivity contribution in [2.24, 2.45) is 0 Å². The Morgan fingerprint density at radius 1 is 0.812 bits per heavy atom. The van der Waals surface area contributed by atoms with Gasteiger partial charge in [-0.15, -0.1) is 0 Å². The smallest absolute Gasteiger partial charge is 0.234 e. The normalized spacial score (nSPS) is 13.8. The van der Waals surface area contributed by atoms with Crippen LogP contribution in [0.5, 0.6) is 0 Å². The van der Waals surface area contributed by atoms with Gasteiger partial charge in [-0.25, -0.2) is 0 Å². The maximum atomic E-state index is 11.8. The quantitative estimate of drug-likeness (QED) is 0.521. The Bertz CT molecular complexity index is 582. The largest absolute Gasteiger partial charge is 0.367 e. The van der Waals surface area contributed by atoms with Gasteiger partial charge in [-0.3, -0.25) is 9.59 Å². The third kappa shape index (κ3) is 0.787. The van der Waals surface area contributed by atoms with Crippen LogP contribution in [-0.2, 0) is 0 Å². The van der Waals surface area contributed by atoms with Crippen LogP contribution >= 0.6 is 0 Å². The number of carbonyl (C=O) groups excluding carboxylic acids is 2. The van der Waals surface area contributed by atoms with Crippen molar-refractivity contribution in [2.45, 2.75) is 0 Å². The Labute approximate surface area is 87.1 Å². The van der Waals surface area contributed by atoms with E-state index in [1.54, 1.807) is 0 Å². The minimum absolute atomic E-state index is 0.0919. The van der Waals surface area contributed by atoms with Crippen LogP contribution in [-0.4, -0.2) is 21.9 Å². The molecule has 8 nitrogen and oxygen atoms in total. The molecule has 2 aromatic heterocycles. The van der Waals surface area contributed by atoms with Gasteiger partial charge in [-0.1, -0.05) is 10.3 Å². The molecule has 1 aliphatic carbocycles. The fourth-order valence-electron chi connectivity index (χ4n) is 1.59. The number of aromatic nitrogens is 2. The van der Waals surface area contributed by atoms with Crippen molar-refractivity contribution in [3.63, 3.8) is 0 Å². The summed E-state index contributed by atoms with van der Waals surface area (Å²) in [4.78, 5) is 23.7. The van der Waals surface area contributed by atoms with Gasteiger partial charge >= 0.3 is 0 Å². The Morgan fingerprint density at radius 3 is 1.56 bits per heavy atom. The summed E-state index contributed by atoms with van der Waals surface area (Å²) < 4.78 is 9.17. The molecule has 0 spiro atoms. The van der Waals surface area contributed by atoms with Crippen LogP contribution in [0, 0.1) is 0 Å². The lowest BCUT2D eigenvalue weighted by molar-refractivity contribution is 0.0974. The summed E-state index contributed by atoms with van der Waals surface area (Å²) in [7, 11) is 0. The molecule has 0 unspecified atom stereocenters. The summed E-state index contributed by atoms with van der Waals surface area (Å²) in [5.74, 6) is -1.60. The summed E-state index contributed by atoms with van der Waals surface area (Å²) >= 11 is 0. The van der Waals surface area contributed by atoms with Crippen LogP contribution in [0.15, 0.2) is 9.05 Å². The van der Waals surface area contributed by atoms with Crippen LogP contribution < -0.4 is 11.5 Å². The van der Waals surface area contributed by atoms with Crippen molar-refractivity contribution >= 4 is 23.3 Å². The number of rotatable bonds is 0. The Kier molecular flexibility index (Phi) is 1.34. The van der Waals surface area contributed by atoms with Crippen LogP contribution in [0.1, 0.15) is 32.1 Å². The van der Waals surface area contributed by atoms with Crippen molar-refractivity contribution in [3.8, 4) is 0 Å². The highest BCUT2D eigenvalue weighted by molar-refractivity contribution is 6.29. The third-order valence-corrected chi connectivity index (χ3v) is 2.32. The molecule has 0 saturated heterocycles. The average Bonchev–Trinajstić information content (AvgIpc) is 2.80. The number of nitrogens with zero attached hydrogens (tertiary/aromatic N) is 2. The van der Waals surface area contributed by atoms with E-state index in [-0.39, 0.29) is 34.3 Å². The van der Waals surface area contributed by atoms with Crippen molar-refractivity contribution in [3.05, 3.63) is 22.5 Å². The molecule has 2 heterocycles. The molecule has 0 atom stereocenters. The highest BCUT2D eigenvalue weighted by Gasteiger charge is 2.40. The molecule has 3 rings (SSSR count). The summed E-state index contributed by atoms with van der Waals surface area (Å²) in [6.45, 7) is 0. The van der Waals surface area contributed by atoms with E-state index in [1.165, 1.54) is 0 Å². The van der Waals surface area contributed by atoms with Crippen molar-refractivity contribution in [1.82, 2.24) is 10.3 Å². The second kappa shape index (κ2) is 2.48. The first kappa shape index (κ1) is 8.65. The van der Waals surface area contributed by atoms with Gasteiger partial charge < -0.3 is 20.5 Å². The number of nitrogen functional groups attached to an aromatic ring is 2. The van der Waals surface area contributed by atoms with E-state index in [1.807, 2.05) is 0 Å². The van der Waals surface area contributed by atoms with Crippen molar-refractivity contribution in [2.75, 3.05) is 11.5 Å². The van der Waals surface area contributed by atoms with Crippen LogP contribution in [0.2, 0.25) is 0 Å². The molecular weight excluding hydrogens is 216 g/mol. The number of fused-ring (bicyclic) bond motifs is 2. The van der Waals surface area contributed by atoms with Gasteiger partial charge in [0, 0.05) is 0 Å². The van der Waals surface area contributed by atoms with E-state index in [0.717, 1.165) is 0 Å². The van der Waals surface area contributed by atoms with Crippen LogP contribution in [0.4, 0.5) is 11.8 Å². The zero-order valence-corrected chi connectivity index (χ0v) is 7.68. The molecule has 4 N–H and O–H groups in total. The molecule has 0 saturated carbocycles. The number of hydrogen-bond acceptors (Lipinski definition) is 8. The fourth-order valence-corrected chi connectivity index (χ4v) is 1.59. The van der Waals surface area contributed by atoms with E-state index in [4.69, 9.17) is 11.5 Å². The van der Waals surface area contributed by atoms with Gasteiger partial charge in [0.05, 0.1) is 0 Å². The Hall–Kier alpha value is -2.64. The first-order valence-corrected chi connectivity index (χ1v) is 4.21. The summed E-state index contributed by atoms with van der Waals surface area (Å²) in [5.41, 5.74) is 10.3. The number of hydrogen-bond donors (Lipinski definition) is 2. The van der Waals surface area contributed by atoms with E-state index in [9.17, 15) is 9.59 Å². The van der Waals surface area contributed by atoms with Gasteiger partial charge in [-0.05, 0) is 0 Å². The molecular formula is C8H4N4O4. The lowest BCUT2D eigenvalue weighted by Crippen LogP contribution is -2.21. The first-order chi connectivity index (χ1) is 7.61. The SMILES string of the molecule is Nc1onc2c1C(=O)c1noc(N)c1C2=O. The van der Waals surface area contributed by atoms with Gasteiger partial charge in [0.1, 0.15) is 11.1 Å². The molecule has 2 aromatic rings. The molecule has 0 aliphatic heterocycles. The number of carbonyl (C=O) groups is 2. The molecule has 80 valence electrons. The maximum Gasteiger partial charge on any atom is 0.234 e. The van der Waals surface area contributed by atoms with Gasteiger partial charge in [0.25, 0.3) is 0 Å². The molecule has 8 heteroatoms. The van der Waals surface area contributed by atoms with E-state index >= 15 is 0 Å². The third-order valence-electron chi connectivity index (χ3n) is 2.32. The highest BCUT2D eigenvalue weighted by Crippen LogP contribution is 2.32. The van der Waals surface area contributed by atoms with Crippen LogP contribution in [0.25, 0.3) is 0 Å². The zero-order chi connectivity index (χ0) is 11.4. The molecule has 0 radical (unpaired) electrons. The zero-order valence-electron chi connectivity index (χ0n) is 7.68. The van der Waals surface area contributed by atoms with E-state index < -0.39 is 11.6 Å². The standard InChI is InChI=1S/C8H4N4O4/c9-7-1-3(11-15-7)6(14)2-4(5(1)13)12-16-8(2)10/h9-10H2. The topological polar surface area (TPSA) is 138 Å². The maximum absolute atomic E-state index is 11.8. The lowest BCUT2D eigenvalue weighted by Gasteiger charge is -2.05. The second-order valence-corrected chi connectivity index (χ2v) is 3.20. The lowest BCUT2D eigenvalue weighted by atomic mass is 9.93. The van der Waals surface area contributed by atoms with E-state index in [2.05, 4.69) is 19.4 Å². The number of ketones is 2. The molecule has 0 aromatic carbocycles. The van der Waals surface area contributed by atoms with Crippen LogP contribution in [0.3, 0.4) is 0 Å². The first-order valence-electron chi connectivity index (χ1n) is 4.21. The predicted octanol–water partition coefficient (Wildman–Crippen LogP) is -0.398. The monoisotopic (exact) mass is 220 g/mol. The summed E-state index contributed by atoms with van der Waals surface area (Å²) in [6.07, 6.45) is 0. The van der Waals surface area contributed by atoms with Gasteiger partial charge in [-0.2, -0.15) is 0 Å². The van der Waals surface area contributed by atoms with Crippen molar-refractivity contribution < 1.29 is 18.6 Å². The summed E-state index contributed by atoms with van der Waals surface area (Å²) in [6, 6.07) is 0. The Balaban J connectivity index is 2.38. The Morgan fingerprint density at radius 2 is 1.19 bits per heavy atom. The van der Waals surface area contributed by atoms with Gasteiger partial charge in [0.2, 0.25) is 23.3 Å². The number of nitrogens with two attached hydrogens (primary N) is 2. The molecule has 0 bridgehead atoms. The predicted molar refractivity (Wildman–Crippen MR) is 48.7 cm³/mol.